The highest BCUT2D eigenvalue weighted by Crippen LogP contribution is 2.23. The highest BCUT2D eigenvalue weighted by atomic mass is 32.1. The van der Waals surface area contributed by atoms with Crippen molar-refractivity contribution in [2.45, 2.75) is 38.3 Å². The van der Waals surface area contributed by atoms with Crippen LogP contribution in [0.2, 0.25) is 0 Å². The first kappa shape index (κ1) is 11.6. The number of nitrogens with one attached hydrogen (secondary N) is 1. The molecule has 1 heterocycles. The van der Waals surface area contributed by atoms with E-state index in [-0.39, 0.29) is 17.9 Å². The van der Waals surface area contributed by atoms with Crippen LogP contribution >= 0.6 is 11.3 Å². The van der Waals surface area contributed by atoms with E-state index in [9.17, 15) is 4.79 Å². The molecule has 0 spiro atoms. The molecule has 1 saturated carbocycles. The van der Waals surface area contributed by atoms with Gasteiger partial charge in [0.1, 0.15) is 0 Å². The number of hydrogen-bond acceptors (Lipinski definition) is 3. The Kier molecular flexibility index (Phi) is 3.96. The van der Waals surface area contributed by atoms with Gasteiger partial charge in [0, 0.05) is 12.6 Å². The molecule has 3 nitrogen and oxygen atoms in total. The second kappa shape index (κ2) is 5.46. The van der Waals surface area contributed by atoms with Crippen molar-refractivity contribution in [1.82, 2.24) is 5.32 Å². The maximum Gasteiger partial charge on any atom is 0.224 e. The van der Waals surface area contributed by atoms with Gasteiger partial charge in [0.05, 0.1) is 5.92 Å². The molecule has 0 saturated heterocycles. The van der Waals surface area contributed by atoms with Gasteiger partial charge in [-0.25, -0.2) is 0 Å². The molecule has 1 aromatic heterocycles. The number of nitrogens with two attached hydrogens (primary N) is 1. The standard InChI is InChI=1S/C12H18N2OS/c13-11-4-2-1-3-10(11)12(15)14-7-9-5-6-16-8-9/h5-6,8,10-11H,1-4,7,13H2,(H,14,15). The molecule has 2 atom stereocenters. The molecule has 0 bridgehead atoms. The zero-order valence-corrected chi connectivity index (χ0v) is 10.1. The Labute approximate surface area is 100 Å². The fourth-order valence-electron chi connectivity index (χ4n) is 2.20. The molecule has 16 heavy (non-hydrogen) atoms. The first-order valence-electron chi connectivity index (χ1n) is 5.82. The van der Waals surface area contributed by atoms with E-state index >= 15 is 0 Å². The van der Waals surface area contributed by atoms with Crippen LogP contribution in [-0.2, 0) is 11.3 Å². The topological polar surface area (TPSA) is 55.1 Å². The summed E-state index contributed by atoms with van der Waals surface area (Å²) in [6, 6.07) is 2.09. The monoisotopic (exact) mass is 238 g/mol. The second-order valence-electron chi connectivity index (χ2n) is 4.40. The Morgan fingerprint density at radius 1 is 1.50 bits per heavy atom. The molecule has 4 heteroatoms. The zero-order valence-electron chi connectivity index (χ0n) is 9.32. The van der Waals surface area contributed by atoms with Crippen molar-refractivity contribution in [3.05, 3.63) is 22.4 Å². The minimum absolute atomic E-state index is 0.0207. The molecule has 0 aromatic carbocycles. The first-order chi connectivity index (χ1) is 7.77. The van der Waals surface area contributed by atoms with Gasteiger partial charge < -0.3 is 11.1 Å². The number of thiophene rings is 1. The van der Waals surface area contributed by atoms with Crippen molar-refractivity contribution in [1.29, 1.82) is 0 Å². The Morgan fingerprint density at radius 2 is 2.31 bits per heavy atom. The maximum absolute atomic E-state index is 11.9. The first-order valence-corrected chi connectivity index (χ1v) is 6.76. The molecule has 3 N–H and O–H groups in total. The lowest BCUT2D eigenvalue weighted by Crippen LogP contribution is -2.43. The Morgan fingerprint density at radius 3 is 3.00 bits per heavy atom. The largest absolute Gasteiger partial charge is 0.352 e. The highest BCUT2D eigenvalue weighted by Gasteiger charge is 2.27. The summed E-state index contributed by atoms with van der Waals surface area (Å²) in [6.45, 7) is 0.631. The van der Waals surface area contributed by atoms with E-state index in [4.69, 9.17) is 5.73 Å². The number of amides is 1. The summed E-state index contributed by atoms with van der Waals surface area (Å²) in [5.41, 5.74) is 7.14. The Balaban J connectivity index is 1.83. The third-order valence-electron chi connectivity index (χ3n) is 3.20. The van der Waals surface area contributed by atoms with Crippen molar-refractivity contribution in [2.75, 3.05) is 0 Å². The molecule has 1 aromatic rings. The summed E-state index contributed by atoms with van der Waals surface area (Å²) in [6.07, 6.45) is 4.22. The smallest absolute Gasteiger partial charge is 0.224 e. The van der Waals surface area contributed by atoms with E-state index < -0.39 is 0 Å². The third kappa shape index (κ3) is 2.83. The summed E-state index contributed by atoms with van der Waals surface area (Å²) in [5.74, 6) is 0.144. The summed E-state index contributed by atoms with van der Waals surface area (Å²) in [5, 5.41) is 7.05. The number of carbonyl (C=O) groups excluding carboxylic acids is 1. The lowest BCUT2D eigenvalue weighted by atomic mass is 9.84. The van der Waals surface area contributed by atoms with Crippen molar-refractivity contribution < 1.29 is 4.79 Å². The molecule has 0 aliphatic heterocycles. The van der Waals surface area contributed by atoms with Gasteiger partial charge in [-0.05, 0) is 35.2 Å². The van der Waals surface area contributed by atoms with E-state index in [2.05, 4.69) is 10.7 Å². The van der Waals surface area contributed by atoms with Crippen molar-refractivity contribution in [2.24, 2.45) is 11.7 Å². The highest BCUT2D eigenvalue weighted by molar-refractivity contribution is 7.07. The van der Waals surface area contributed by atoms with Crippen LogP contribution in [0.1, 0.15) is 31.2 Å². The van der Waals surface area contributed by atoms with Gasteiger partial charge in [-0.3, -0.25) is 4.79 Å². The van der Waals surface area contributed by atoms with Crippen LogP contribution in [0.15, 0.2) is 16.8 Å². The van der Waals surface area contributed by atoms with E-state index in [0.717, 1.165) is 25.7 Å². The van der Waals surface area contributed by atoms with Gasteiger partial charge in [0.15, 0.2) is 0 Å². The van der Waals surface area contributed by atoms with Crippen LogP contribution < -0.4 is 11.1 Å². The molecule has 1 aliphatic rings. The molecule has 1 fully saturated rings. The van der Waals surface area contributed by atoms with E-state index in [1.54, 1.807) is 11.3 Å². The van der Waals surface area contributed by atoms with Crippen LogP contribution in [0.25, 0.3) is 0 Å². The van der Waals surface area contributed by atoms with Crippen LogP contribution in [-0.4, -0.2) is 11.9 Å². The minimum atomic E-state index is 0.0207. The summed E-state index contributed by atoms with van der Waals surface area (Å²) in [4.78, 5) is 11.9. The van der Waals surface area contributed by atoms with Gasteiger partial charge in [-0.1, -0.05) is 12.8 Å². The predicted octanol–water partition coefficient (Wildman–Crippen LogP) is 1.88. The third-order valence-corrected chi connectivity index (χ3v) is 3.94. The Bertz CT molecular complexity index is 337. The Hall–Kier alpha value is -0.870. The molecule has 1 amide bonds. The van der Waals surface area contributed by atoms with Gasteiger partial charge in [0.2, 0.25) is 5.91 Å². The van der Waals surface area contributed by atoms with Crippen molar-refractivity contribution in [3.8, 4) is 0 Å². The van der Waals surface area contributed by atoms with Crippen molar-refractivity contribution in [3.63, 3.8) is 0 Å². The molecule has 1 aliphatic carbocycles. The molecular weight excluding hydrogens is 220 g/mol. The van der Waals surface area contributed by atoms with Gasteiger partial charge in [-0.15, -0.1) is 0 Å². The van der Waals surface area contributed by atoms with Gasteiger partial charge in [-0.2, -0.15) is 11.3 Å². The van der Waals surface area contributed by atoms with Crippen molar-refractivity contribution >= 4 is 17.2 Å². The van der Waals surface area contributed by atoms with E-state index in [1.165, 1.54) is 5.56 Å². The fraction of sp³-hybridized carbons (Fsp3) is 0.583. The number of carbonyl (C=O) groups is 1. The lowest BCUT2D eigenvalue weighted by molar-refractivity contribution is -0.126. The van der Waals surface area contributed by atoms with Gasteiger partial charge in [0.25, 0.3) is 0 Å². The fourth-order valence-corrected chi connectivity index (χ4v) is 2.87. The molecular formula is C12H18N2OS. The normalized spacial score (nSPS) is 25.3. The molecule has 0 radical (unpaired) electrons. The van der Waals surface area contributed by atoms with Crippen LogP contribution in [0, 0.1) is 5.92 Å². The summed E-state index contributed by atoms with van der Waals surface area (Å²) < 4.78 is 0. The minimum Gasteiger partial charge on any atom is -0.352 e. The zero-order chi connectivity index (χ0) is 11.4. The van der Waals surface area contributed by atoms with Gasteiger partial charge >= 0.3 is 0 Å². The average Bonchev–Trinajstić information content (AvgIpc) is 2.79. The maximum atomic E-state index is 11.9. The van der Waals surface area contributed by atoms with Crippen LogP contribution in [0.5, 0.6) is 0 Å². The summed E-state index contributed by atoms with van der Waals surface area (Å²) >= 11 is 1.65. The number of rotatable bonds is 3. The predicted molar refractivity (Wildman–Crippen MR) is 66.1 cm³/mol. The second-order valence-corrected chi connectivity index (χ2v) is 5.18. The lowest BCUT2D eigenvalue weighted by Gasteiger charge is -2.27. The van der Waals surface area contributed by atoms with E-state index in [0.29, 0.717) is 6.54 Å². The number of hydrogen-bond donors (Lipinski definition) is 2. The average molecular weight is 238 g/mol. The molecule has 2 unspecified atom stereocenters. The summed E-state index contributed by atoms with van der Waals surface area (Å²) in [7, 11) is 0. The van der Waals surface area contributed by atoms with Crippen LogP contribution in [0.3, 0.4) is 0 Å². The van der Waals surface area contributed by atoms with Crippen LogP contribution in [0.4, 0.5) is 0 Å². The SMILES string of the molecule is NC1CCCCC1C(=O)NCc1ccsc1. The molecule has 2 rings (SSSR count). The van der Waals surface area contributed by atoms with E-state index in [1.807, 2.05) is 11.4 Å². The molecule has 88 valence electrons. The quantitative estimate of drug-likeness (QED) is 0.845.